The smallest absolute Gasteiger partial charge is 0.493 e. The Balaban J connectivity index is 1.88. The molecule has 0 aliphatic rings. The Morgan fingerprint density at radius 2 is 1.94 bits per heavy atom. The molecule has 1 aromatic carbocycles. The summed E-state index contributed by atoms with van der Waals surface area (Å²) in [5.74, 6) is 0.635. The van der Waals surface area contributed by atoms with Gasteiger partial charge < -0.3 is 19.0 Å². The second-order valence-corrected chi connectivity index (χ2v) is 8.68. The Morgan fingerprint density at radius 3 is 2.69 bits per heavy atom. The molecule has 12 heteroatoms. The Hall–Kier alpha value is -3.51. The van der Waals surface area contributed by atoms with Gasteiger partial charge in [-0.05, 0) is 32.0 Å². The largest absolute Gasteiger partial charge is 0.533 e. The predicted molar refractivity (Wildman–Crippen MR) is 127 cm³/mol. The van der Waals surface area contributed by atoms with Gasteiger partial charge in [-0.1, -0.05) is 12.1 Å². The highest BCUT2D eigenvalue weighted by Crippen LogP contribution is 2.24. The normalized spacial score (nSPS) is 11.8. The fourth-order valence-corrected chi connectivity index (χ4v) is 4.46. The van der Waals surface area contributed by atoms with Gasteiger partial charge in [0, 0.05) is 31.9 Å². The summed E-state index contributed by atoms with van der Waals surface area (Å²) in [4.78, 5) is 38.5. The van der Waals surface area contributed by atoms with E-state index in [4.69, 9.17) is 19.0 Å². The molecule has 188 valence electrons. The lowest BCUT2D eigenvalue weighted by Gasteiger charge is -2.17. The summed E-state index contributed by atoms with van der Waals surface area (Å²) >= 11 is 0. The molecule has 2 heterocycles. The molecule has 1 amide bonds. The first-order chi connectivity index (χ1) is 16.9. The quantitative estimate of drug-likeness (QED) is 0.245. The maximum atomic E-state index is 13.4. The number of ether oxygens (including phenoxy) is 3. The van der Waals surface area contributed by atoms with Gasteiger partial charge in [-0.15, -0.1) is 0 Å². The van der Waals surface area contributed by atoms with Gasteiger partial charge in [0.05, 0.1) is 53.5 Å². The summed E-state index contributed by atoms with van der Waals surface area (Å²) in [5.41, 5.74) is 2.18. The van der Waals surface area contributed by atoms with Gasteiger partial charge in [0.2, 0.25) is 5.16 Å². The number of rotatable bonds is 9. The first kappa shape index (κ1) is 26.1. The van der Waals surface area contributed by atoms with E-state index >= 15 is 0 Å². The van der Waals surface area contributed by atoms with Crippen LogP contribution in [-0.4, -0.2) is 70.0 Å². The molecule has 3 rings (SSSR count). The Labute approximate surface area is 205 Å². The molecule has 1 unspecified atom stereocenters. The van der Waals surface area contributed by atoms with E-state index in [1.807, 2.05) is 6.92 Å². The molecule has 2 aromatic heterocycles. The minimum absolute atomic E-state index is 0.000153. The Bertz CT molecular complexity index is 1210. The number of nitrogens with zero attached hydrogens (tertiary/aromatic N) is 4. The number of aromatic nitrogens is 3. The molecule has 0 N–H and O–H groups in total. The second kappa shape index (κ2) is 12.3. The van der Waals surface area contributed by atoms with E-state index in [0.29, 0.717) is 40.8 Å². The summed E-state index contributed by atoms with van der Waals surface area (Å²) in [7, 11) is 1.13. The van der Waals surface area contributed by atoms with E-state index in [1.165, 1.54) is 7.05 Å². The zero-order chi connectivity index (χ0) is 25.4. The standard InChI is InChI=1S/C23H28N4O7S/c1-5-32-23(29)34-26(3)22(28)27-19-10-7-6-9-17(19)25-21(27)35(30)15-18-16(2)20(11-12-24-18)33-14-8-13-31-4/h6-7,9-12H,5,8,13-15H2,1-4H3. The number of carbonyl (C=O) groups is 2. The van der Waals surface area contributed by atoms with Crippen LogP contribution in [0.15, 0.2) is 41.7 Å². The first-order valence-corrected chi connectivity index (χ1v) is 12.2. The van der Waals surface area contributed by atoms with Crippen LogP contribution in [0.2, 0.25) is 0 Å². The summed E-state index contributed by atoms with van der Waals surface area (Å²) in [6, 6.07) is 7.83. The van der Waals surface area contributed by atoms with Crippen molar-refractivity contribution in [3.63, 3.8) is 0 Å². The van der Waals surface area contributed by atoms with E-state index in [2.05, 4.69) is 9.97 Å². The fraction of sp³-hybridized carbons (Fsp3) is 0.391. The van der Waals surface area contributed by atoms with Crippen molar-refractivity contribution >= 4 is 34.0 Å². The van der Waals surface area contributed by atoms with Crippen molar-refractivity contribution < 1.29 is 32.8 Å². The summed E-state index contributed by atoms with van der Waals surface area (Å²) in [5, 5.41) is 0.716. The highest BCUT2D eigenvalue weighted by molar-refractivity contribution is 7.84. The second-order valence-electron chi connectivity index (χ2n) is 7.34. The molecule has 1 atom stereocenters. The molecule has 11 nitrogen and oxygen atoms in total. The molecule has 0 aliphatic carbocycles. The monoisotopic (exact) mass is 504 g/mol. The van der Waals surface area contributed by atoms with Gasteiger partial charge in [-0.25, -0.2) is 19.1 Å². The Kier molecular flexibility index (Phi) is 9.15. The lowest BCUT2D eigenvalue weighted by atomic mass is 10.2. The zero-order valence-corrected chi connectivity index (χ0v) is 20.9. The average Bonchev–Trinajstić information content (AvgIpc) is 3.23. The summed E-state index contributed by atoms with van der Waals surface area (Å²) in [6.45, 7) is 4.59. The van der Waals surface area contributed by atoms with E-state index in [0.717, 1.165) is 16.6 Å². The molecular formula is C23H28N4O7S. The van der Waals surface area contributed by atoms with E-state index in [-0.39, 0.29) is 17.5 Å². The van der Waals surface area contributed by atoms with Crippen molar-refractivity contribution in [2.45, 2.75) is 31.2 Å². The molecular weight excluding hydrogens is 476 g/mol. The molecule has 0 saturated carbocycles. The van der Waals surface area contributed by atoms with Crippen molar-refractivity contribution in [3.05, 3.63) is 47.8 Å². The number of carbonyl (C=O) groups excluding carboxylic acids is 2. The summed E-state index contributed by atoms with van der Waals surface area (Å²) in [6.07, 6.45) is 1.28. The lowest BCUT2D eigenvalue weighted by Crippen LogP contribution is -2.34. The third-order valence-corrected chi connectivity index (χ3v) is 6.16. The van der Waals surface area contributed by atoms with Gasteiger partial charge in [-0.3, -0.25) is 9.19 Å². The number of benzene rings is 1. The highest BCUT2D eigenvalue weighted by Gasteiger charge is 2.26. The fourth-order valence-electron chi connectivity index (χ4n) is 3.21. The molecule has 3 aromatic rings. The number of methoxy groups -OCH3 is 1. The van der Waals surface area contributed by atoms with Gasteiger partial charge in [0.15, 0.2) is 0 Å². The van der Waals surface area contributed by atoms with Crippen LogP contribution in [-0.2, 0) is 30.9 Å². The van der Waals surface area contributed by atoms with Crippen LogP contribution in [0, 0.1) is 6.92 Å². The van der Waals surface area contributed by atoms with Gasteiger partial charge in [0.25, 0.3) is 0 Å². The molecule has 0 aliphatic heterocycles. The zero-order valence-electron chi connectivity index (χ0n) is 20.1. The maximum Gasteiger partial charge on any atom is 0.533 e. The molecule has 35 heavy (non-hydrogen) atoms. The molecule has 0 radical (unpaired) electrons. The van der Waals surface area contributed by atoms with Crippen molar-refractivity contribution in [1.82, 2.24) is 19.6 Å². The van der Waals surface area contributed by atoms with E-state index in [1.54, 1.807) is 50.6 Å². The predicted octanol–water partition coefficient (Wildman–Crippen LogP) is 3.45. The number of imidazole rings is 1. The van der Waals surface area contributed by atoms with Gasteiger partial charge in [0.1, 0.15) is 5.75 Å². The minimum atomic E-state index is -1.76. The third kappa shape index (κ3) is 6.34. The van der Waals surface area contributed by atoms with Crippen molar-refractivity contribution in [3.8, 4) is 5.75 Å². The van der Waals surface area contributed by atoms with Crippen molar-refractivity contribution in [2.75, 3.05) is 34.0 Å². The molecule has 0 bridgehead atoms. The third-order valence-electron chi connectivity index (χ3n) is 4.94. The number of amides is 1. The van der Waals surface area contributed by atoms with Crippen molar-refractivity contribution in [1.29, 1.82) is 0 Å². The van der Waals surface area contributed by atoms with E-state index in [9.17, 15) is 13.8 Å². The minimum Gasteiger partial charge on any atom is -0.493 e. The van der Waals surface area contributed by atoms with Crippen LogP contribution in [0.4, 0.5) is 9.59 Å². The number of hydrogen-bond donors (Lipinski definition) is 0. The number of fused-ring (bicyclic) bond motifs is 1. The molecule has 0 fully saturated rings. The highest BCUT2D eigenvalue weighted by atomic mass is 32.2. The maximum absolute atomic E-state index is 13.4. The van der Waals surface area contributed by atoms with Crippen LogP contribution >= 0.6 is 0 Å². The van der Waals surface area contributed by atoms with Crippen LogP contribution < -0.4 is 4.74 Å². The topological polar surface area (TPSA) is 122 Å². The molecule has 0 saturated heterocycles. The number of pyridine rings is 1. The SMILES string of the molecule is CCOC(=O)ON(C)C(=O)n1c(S(=O)Cc2nccc(OCCCOC)c2C)nc2ccccc21. The number of hydrogen-bond acceptors (Lipinski definition) is 9. The summed E-state index contributed by atoms with van der Waals surface area (Å²) < 4.78 is 30.2. The first-order valence-electron chi connectivity index (χ1n) is 10.9. The lowest BCUT2D eigenvalue weighted by molar-refractivity contribution is -0.0744. The van der Waals surface area contributed by atoms with Crippen molar-refractivity contribution in [2.24, 2.45) is 0 Å². The van der Waals surface area contributed by atoms with E-state index < -0.39 is 23.0 Å². The molecule has 0 spiro atoms. The van der Waals surface area contributed by atoms with Crippen LogP contribution in [0.1, 0.15) is 24.6 Å². The Morgan fingerprint density at radius 1 is 1.17 bits per heavy atom. The number of hydroxylamine groups is 2. The number of para-hydroxylation sites is 2. The van der Waals surface area contributed by atoms with Crippen LogP contribution in [0.3, 0.4) is 0 Å². The van der Waals surface area contributed by atoms with Gasteiger partial charge >= 0.3 is 12.2 Å². The van der Waals surface area contributed by atoms with Crippen LogP contribution in [0.25, 0.3) is 11.0 Å². The van der Waals surface area contributed by atoms with Crippen LogP contribution in [0.5, 0.6) is 5.75 Å². The average molecular weight is 505 g/mol. The van der Waals surface area contributed by atoms with Gasteiger partial charge in [-0.2, -0.15) is 5.06 Å².